The number of hydrogen-bond acceptors (Lipinski definition) is 5. The monoisotopic (exact) mass is 812 g/mol. The van der Waals surface area contributed by atoms with Gasteiger partial charge in [0.1, 0.15) is 0 Å². The van der Waals surface area contributed by atoms with Gasteiger partial charge in [-0.15, -0.1) is 0 Å². The Morgan fingerprint density at radius 3 is 1.82 bits per heavy atom. The number of hydrogen-bond donors (Lipinski definition) is 1. The molecule has 49 heavy (non-hydrogen) atoms. The van der Waals surface area contributed by atoms with E-state index in [-0.39, 0.29) is 4.90 Å². The SMILES string of the molecule is C[OH+]c1ccccc1NCc1ccc(S(=O)(=O)N(C)C)cc1[CH]=[Ru]([Cl])[Cl].Cc1cc(C)c(N2[CH-]N(c3c(C)cc(C)cc3C)CC2)c(C)c1. The van der Waals surface area contributed by atoms with Crippen LogP contribution in [0.1, 0.15) is 44.5 Å². The summed E-state index contributed by atoms with van der Waals surface area (Å²) >= 11 is -2.12. The molecule has 4 aromatic carbocycles. The van der Waals surface area contributed by atoms with Gasteiger partial charge in [-0.05, 0) is 63.8 Å². The van der Waals surface area contributed by atoms with Crippen molar-refractivity contribution in [2.75, 3.05) is 49.4 Å². The Labute approximate surface area is 306 Å². The normalized spacial score (nSPS) is 13.3. The van der Waals surface area contributed by atoms with Crippen molar-refractivity contribution >= 4 is 51.1 Å². The van der Waals surface area contributed by atoms with Crippen LogP contribution in [0.25, 0.3) is 0 Å². The van der Waals surface area contributed by atoms with Crippen molar-refractivity contribution < 1.29 is 26.7 Å². The molecule has 5 rings (SSSR count). The third-order valence-corrected chi connectivity index (χ3v) is 12.0. The van der Waals surface area contributed by atoms with Crippen LogP contribution in [0.15, 0.2) is 71.6 Å². The number of benzene rings is 4. The summed E-state index contributed by atoms with van der Waals surface area (Å²) in [6.45, 7) is 18.1. The number of anilines is 3. The molecule has 0 aromatic heterocycles. The van der Waals surface area contributed by atoms with Gasteiger partial charge in [0.2, 0.25) is 0 Å². The third kappa shape index (κ3) is 9.65. The maximum absolute atomic E-state index is 12.4. The first kappa shape index (κ1) is 38.9. The molecule has 0 spiro atoms. The maximum Gasteiger partial charge on any atom is 0.0146 e. The predicted molar refractivity (Wildman–Crippen MR) is 206 cm³/mol. The van der Waals surface area contributed by atoms with Gasteiger partial charge in [-0.1, -0.05) is 35.4 Å². The number of nitrogens with one attached hydrogen (secondary N) is 1. The second kappa shape index (κ2) is 16.8. The van der Waals surface area contributed by atoms with Gasteiger partial charge in [0, 0.05) is 24.5 Å². The fourth-order valence-corrected chi connectivity index (χ4v) is 9.18. The molecule has 0 atom stereocenters. The molecule has 2 N–H and O–H groups in total. The van der Waals surface area contributed by atoms with Gasteiger partial charge in [-0.2, -0.15) is 6.67 Å². The second-order valence-electron chi connectivity index (χ2n) is 12.5. The van der Waals surface area contributed by atoms with Crippen molar-refractivity contribution in [1.29, 1.82) is 0 Å². The van der Waals surface area contributed by atoms with Gasteiger partial charge in [0.05, 0.1) is 0 Å². The smallest absolute Gasteiger partial charge is 0.0146 e. The molecule has 4 aromatic rings. The third-order valence-electron chi connectivity index (χ3n) is 8.40. The Kier molecular flexibility index (Phi) is 13.4. The summed E-state index contributed by atoms with van der Waals surface area (Å²) in [4.78, 5) is 5.02. The number of ether oxygens (including phenoxy) is 1. The van der Waals surface area contributed by atoms with E-state index in [9.17, 15) is 8.42 Å². The molecule has 1 heterocycles. The number of sulfonamides is 1. The molecular weight excluding hydrogens is 764 g/mol. The Morgan fingerprint density at radius 2 is 1.35 bits per heavy atom. The van der Waals surface area contributed by atoms with E-state index in [1.54, 1.807) is 29.9 Å². The average Bonchev–Trinajstić information content (AvgIpc) is 3.48. The van der Waals surface area contributed by atoms with Crippen LogP contribution in [-0.2, 0) is 30.1 Å². The van der Waals surface area contributed by atoms with Crippen molar-refractivity contribution in [3.8, 4) is 5.75 Å². The van der Waals surface area contributed by atoms with Crippen LogP contribution in [-0.4, -0.2) is 56.4 Å². The van der Waals surface area contributed by atoms with Crippen LogP contribution in [0.4, 0.5) is 17.1 Å². The molecule has 0 aliphatic carbocycles. The van der Waals surface area contributed by atoms with E-state index in [1.165, 1.54) is 63.2 Å². The van der Waals surface area contributed by atoms with Gasteiger partial charge in [0.15, 0.2) is 0 Å². The minimum Gasteiger partial charge on any atom is -0.502 e. The zero-order valence-corrected chi connectivity index (χ0v) is 33.8. The molecule has 0 unspecified atom stereocenters. The van der Waals surface area contributed by atoms with Gasteiger partial charge < -0.3 is 9.80 Å². The summed E-state index contributed by atoms with van der Waals surface area (Å²) in [5.41, 5.74) is 13.4. The standard InChI is InChI=1S/C21H27N2.C17H20N2O3S.2ClH.Ru/c1-14-9-16(3)20(17(4)10-14)22-7-8-23(13-22)21-18(5)11-15(2)12-19(21)6;1-13-11-15(23(20,21)19(2)3)10-9-14(13)12-18-16-7-5-6-8-17(16)22-4;;;/h9-13H,7-8H2,1-6H3;1,5-11,18H,12H2,2-4H3;2*1H;/q-1;;;;+2/p-1. The zero-order chi connectivity index (χ0) is 36.0. The number of aliphatic hydroxyl groups is 1. The molecule has 7 nitrogen and oxygen atoms in total. The number of aryl methyl sites for hydroxylation is 6. The molecule has 1 aliphatic heterocycles. The van der Waals surface area contributed by atoms with E-state index in [0.29, 0.717) is 6.54 Å². The van der Waals surface area contributed by atoms with E-state index in [0.717, 1.165) is 35.7 Å². The molecule has 11 heteroatoms. The van der Waals surface area contributed by atoms with Crippen molar-refractivity contribution in [1.82, 2.24) is 4.31 Å². The van der Waals surface area contributed by atoms with Crippen LogP contribution in [0.5, 0.6) is 5.75 Å². The van der Waals surface area contributed by atoms with Crippen LogP contribution >= 0.6 is 19.4 Å². The maximum atomic E-state index is 12.4. The van der Waals surface area contributed by atoms with E-state index < -0.39 is 23.5 Å². The van der Waals surface area contributed by atoms with Crippen molar-refractivity contribution in [2.24, 2.45) is 0 Å². The summed E-state index contributed by atoms with van der Waals surface area (Å²) < 4.78 is 31.9. The van der Waals surface area contributed by atoms with E-state index >= 15 is 0 Å². The summed E-state index contributed by atoms with van der Waals surface area (Å²) in [7, 11) is 13.3. The predicted octanol–water partition coefficient (Wildman–Crippen LogP) is 8.48. The first-order chi connectivity index (χ1) is 23.1. The second-order valence-corrected chi connectivity index (χ2v) is 20.4. The molecule has 0 bridgehead atoms. The molecule has 1 saturated heterocycles. The molecule has 0 saturated carbocycles. The van der Waals surface area contributed by atoms with Gasteiger partial charge >= 0.3 is 168 Å². The minimum absolute atomic E-state index is 0.213. The Hall–Kier alpha value is -2.94. The summed E-state index contributed by atoms with van der Waals surface area (Å²) in [5.74, 6) is 0.854. The van der Waals surface area contributed by atoms with Crippen LogP contribution in [0.3, 0.4) is 0 Å². The first-order valence-electron chi connectivity index (χ1n) is 16.0. The quantitative estimate of drug-likeness (QED) is 0.0796. The molecule has 0 amide bonds. The number of aromatic hydroxyl groups is 1. The number of halogens is 2. The first-order valence-corrected chi connectivity index (χ1v) is 22.9. The van der Waals surface area contributed by atoms with Crippen molar-refractivity contribution in [2.45, 2.75) is 53.0 Å². The average molecular weight is 813 g/mol. The largest absolute Gasteiger partial charge is 0.502 e. The Bertz CT molecular complexity index is 1840. The Balaban J connectivity index is 0.000000222. The van der Waals surface area contributed by atoms with Gasteiger partial charge in [-0.3, -0.25) is 0 Å². The van der Waals surface area contributed by atoms with Gasteiger partial charge in [0.25, 0.3) is 0 Å². The molecule has 1 fully saturated rings. The van der Waals surface area contributed by atoms with Gasteiger partial charge in [-0.25, -0.2) is 0 Å². The number of nitrogens with zero attached hydrogens (tertiary/aromatic N) is 3. The van der Waals surface area contributed by atoms with E-state index in [1.807, 2.05) is 24.3 Å². The number of rotatable bonds is 9. The molecule has 1 aliphatic rings. The van der Waals surface area contributed by atoms with Crippen LogP contribution < -0.4 is 15.1 Å². The zero-order valence-electron chi connectivity index (χ0n) is 29.7. The van der Waals surface area contributed by atoms with Crippen molar-refractivity contribution in [3.05, 3.63) is 118 Å². The summed E-state index contributed by atoms with van der Waals surface area (Å²) in [6.07, 6.45) is 0. The van der Waals surface area contributed by atoms with Crippen molar-refractivity contribution in [3.63, 3.8) is 0 Å². The van der Waals surface area contributed by atoms with E-state index in [2.05, 4.69) is 92.3 Å². The fraction of sp³-hybridized carbons (Fsp3) is 0.316. The number of para-hydroxylation sites is 2. The summed E-state index contributed by atoms with van der Waals surface area (Å²) in [6, 6.07) is 21.8. The minimum atomic E-state index is -3.52. The molecular formula is C38H48Cl2N4O3RuS. The topological polar surface area (TPSA) is 68.7 Å². The molecule has 0 radical (unpaired) electrons. The van der Waals surface area contributed by atoms with Crippen LogP contribution in [0.2, 0.25) is 0 Å². The fourth-order valence-electron chi connectivity index (χ4n) is 6.38. The molecule has 266 valence electrons. The summed E-state index contributed by atoms with van der Waals surface area (Å²) in [5, 5.41) is 3.33. The van der Waals surface area contributed by atoms with Crippen LogP contribution in [0, 0.1) is 48.2 Å². The van der Waals surface area contributed by atoms with E-state index in [4.69, 9.17) is 19.4 Å². The Morgan fingerprint density at radius 1 is 0.837 bits per heavy atom.